The molecule has 1 aromatic carbocycles. The van der Waals surface area contributed by atoms with Gasteiger partial charge in [0.2, 0.25) is 12.6 Å². The number of amides is 1. The van der Waals surface area contributed by atoms with Crippen molar-refractivity contribution >= 4 is 19.7 Å². The van der Waals surface area contributed by atoms with E-state index in [1.165, 1.54) is 10.8 Å². The Balaban J connectivity index is 1.49. The first kappa shape index (κ1) is 27.0. The maximum atomic E-state index is 12.2. The van der Waals surface area contributed by atoms with Gasteiger partial charge in [0.05, 0.1) is 18.5 Å². The quantitative estimate of drug-likeness (QED) is 0.188. The average molecular weight is 541 g/mol. The second-order valence-electron chi connectivity index (χ2n) is 7.97. The number of benzene rings is 1. The SMILES string of the molecule is CCOC(=O)Nc1c(-c2cc(Cc3ccc(COc4ccccn4)cc3)no2)ccc[n+]1COP(=O)(O)O. The van der Waals surface area contributed by atoms with Crippen LogP contribution in [0.15, 0.2) is 77.6 Å². The fraction of sp³-hybridized carbons (Fsp3) is 0.200. The maximum Gasteiger partial charge on any atom is 0.504 e. The highest BCUT2D eigenvalue weighted by atomic mass is 31.2. The van der Waals surface area contributed by atoms with E-state index in [2.05, 4.69) is 20.0 Å². The van der Waals surface area contributed by atoms with Crippen LogP contribution in [0.1, 0.15) is 23.7 Å². The molecule has 0 radical (unpaired) electrons. The fourth-order valence-corrected chi connectivity index (χ4v) is 3.75. The van der Waals surface area contributed by atoms with E-state index >= 15 is 0 Å². The topological polar surface area (TPSA) is 157 Å². The lowest BCUT2D eigenvalue weighted by molar-refractivity contribution is -0.712. The molecule has 12 nitrogen and oxygen atoms in total. The van der Waals surface area contributed by atoms with E-state index in [-0.39, 0.29) is 12.4 Å². The van der Waals surface area contributed by atoms with Gasteiger partial charge >= 0.3 is 13.9 Å². The van der Waals surface area contributed by atoms with Crippen LogP contribution < -0.4 is 14.6 Å². The van der Waals surface area contributed by atoms with Crippen LogP contribution in [0.2, 0.25) is 0 Å². The van der Waals surface area contributed by atoms with E-state index in [1.807, 2.05) is 36.4 Å². The standard InChI is InChI=1S/C25H25N4O8P/c1-2-34-25(30)27-24-21(6-5-13-29(24)17-36-38(31,32)33)22-15-20(28-37-22)14-18-8-10-19(11-9-18)16-35-23-7-3-4-12-26-23/h3-13,15H,2,14,16-17H2,1H3,(H2,31,32,33)/p+1. The second-order valence-corrected chi connectivity index (χ2v) is 9.21. The van der Waals surface area contributed by atoms with Crippen molar-refractivity contribution in [2.75, 3.05) is 11.9 Å². The lowest BCUT2D eigenvalue weighted by Gasteiger charge is -2.10. The Bertz CT molecular complexity index is 1410. The molecule has 0 saturated carbocycles. The second kappa shape index (κ2) is 12.4. The number of phosphoric ester groups is 1. The molecule has 4 aromatic rings. The number of aromatic nitrogens is 3. The van der Waals surface area contributed by atoms with Crippen molar-refractivity contribution in [2.45, 2.75) is 26.7 Å². The van der Waals surface area contributed by atoms with Gasteiger partial charge in [-0.05, 0) is 36.2 Å². The Labute approximate surface area is 218 Å². The summed E-state index contributed by atoms with van der Waals surface area (Å²) < 4.78 is 33.3. The molecule has 0 aliphatic carbocycles. The minimum Gasteiger partial charge on any atom is -0.473 e. The molecular formula is C25H26N4O8P+. The molecule has 13 heteroatoms. The third-order valence-electron chi connectivity index (χ3n) is 5.19. The molecule has 0 atom stereocenters. The average Bonchev–Trinajstić information content (AvgIpc) is 3.36. The van der Waals surface area contributed by atoms with E-state index < -0.39 is 20.6 Å². The van der Waals surface area contributed by atoms with E-state index in [4.69, 9.17) is 23.8 Å². The smallest absolute Gasteiger partial charge is 0.473 e. The third-order valence-corrected chi connectivity index (χ3v) is 5.64. The molecule has 0 spiro atoms. The van der Waals surface area contributed by atoms with E-state index in [9.17, 15) is 9.36 Å². The minimum atomic E-state index is -4.76. The number of nitrogens with one attached hydrogen (secondary N) is 1. The van der Waals surface area contributed by atoms with Crippen LogP contribution in [0.25, 0.3) is 11.3 Å². The minimum absolute atomic E-state index is 0.132. The van der Waals surface area contributed by atoms with Gasteiger partial charge in [0.15, 0.2) is 5.76 Å². The lowest BCUT2D eigenvalue weighted by atomic mass is 10.1. The van der Waals surface area contributed by atoms with Crippen LogP contribution in [0, 0.1) is 0 Å². The van der Waals surface area contributed by atoms with Gasteiger partial charge in [-0.1, -0.05) is 35.5 Å². The Morgan fingerprint density at radius 3 is 2.61 bits per heavy atom. The number of phosphoric acid groups is 1. The largest absolute Gasteiger partial charge is 0.504 e. The first-order chi connectivity index (χ1) is 18.3. The molecule has 0 aliphatic rings. The molecule has 4 rings (SSSR count). The van der Waals surface area contributed by atoms with Gasteiger partial charge in [-0.3, -0.25) is 0 Å². The molecule has 3 aromatic heterocycles. The lowest BCUT2D eigenvalue weighted by Crippen LogP contribution is -2.39. The molecule has 38 heavy (non-hydrogen) atoms. The monoisotopic (exact) mass is 541 g/mol. The van der Waals surface area contributed by atoms with Gasteiger partial charge < -0.3 is 23.8 Å². The molecule has 1 amide bonds. The summed E-state index contributed by atoms with van der Waals surface area (Å²) in [4.78, 5) is 34.5. The Morgan fingerprint density at radius 1 is 1.11 bits per heavy atom. The number of hydrogen-bond donors (Lipinski definition) is 3. The number of nitrogens with zero attached hydrogens (tertiary/aromatic N) is 3. The summed E-state index contributed by atoms with van der Waals surface area (Å²) in [5.41, 5.74) is 3.04. The zero-order valence-electron chi connectivity index (χ0n) is 20.4. The predicted octanol–water partition coefficient (Wildman–Crippen LogP) is 3.83. The van der Waals surface area contributed by atoms with Crippen molar-refractivity contribution in [1.82, 2.24) is 10.1 Å². The van der Waals surface area contributed by atoms with Crippen molar-refractivity contribution in [3.63, 3.8) is 0 Å². The normalized spacial score (nSPS) is 11.2. The Kier molecular flexibility index (Phi) is 8.82. The number of pyridine rings is 2. The van der Waals surface area contributed by atoms with Crippen LogP contribution in [-0.2, 0) is 33.6 Å². The van der Waals surface area contributed by atoms with Crippen molar-refractivity contribution < 1.29 is 42.2 Å². The highest BCUT2D eigenvalue weighted by molar-refractivity contribution is 7.46. The van der Waals surface area contributed by atoms with E-state index in [0.29, 0.717) is 35.9 Å². The molecule has 0 saturated heterocycles. The van der Waals surface area contributed by atoms with Gasteiger partial charge in [0.1, 0.15) is 12.2 Å². The van der Waals surface area contributed by atoms with Crippen LogP contribution in [0.5, 0.6) is 5.88 Å². The number of ether oxygens (including phenoxy) is 2. The highest BCUT2D eigenvalue weighted by Gasteiger charge is 2.26. The molecule has 0 fully saturated rings. The summed E-state index contributed by atoms with van der Waals surface area (Å²) in [6.07, 6.45) is 2.89. The van der Waals surface area contributed by atoms with Crippen LogP contribution >= 0.6 is 7.82 Å². The van der Waals surface area contributed by atoms with Gasteiger partial charge in [0.25, 0.3) is 5.82 Å². The molecule has 3 N–H and O–H groups in total. The molecule has 0 unspecified atom stereocenters. The van der Waals surface area contributed by atoms with Gasteiger partial charge in [-0.2, -0.15) is 10.1 Å². The van der Waals surface area contributed by atoms with Crippen molar-refractivity contribution in [3.05, 3.63) is 89.9 Å². The molecule has 3 heterocycles. The first-order valence-corrected chi connectivity index (χ1v) is 13.1. The van der Waals surface area contributed by atoms with Crippen LogP contribution in [0.3, 0.4) is 0 Å². The summed E-state index contributed by atoms with van der Waals surface area (Å²) in [6.45, 7) is 1.64. The number of hydrogen-bond acceptors (Lipinski definition) is 8. The van der Waals surface area contributed by atoms with Crippen molar-refractivity contribution in [2.24, 2.45) is 0 Å². The Morgan fingerprint density at radius 2 is 1.89 bits per heavy atom. The third kappa shape index (κ3) is 7.70. The van der Waals surface area contributed by atoms with E-state index in [1.54, 1.807) is 37.4 Å². The molecule has 198 valence electrons. The van der Waals surface area contributed by atoms with Gasteiger partial charge in [-0.15, -0.1) is 0 Å². The number of anilines is 1. The predicted molar refractivity (Wildman–Crippen MR) is 134 cm³/mol. The summed E-state index contributed by atoms with van der Waals surface area (Å²) >= 11 is 0. The highest BCUT2D eigenvalue weighted by Crippen LogP contribution is 2.36. The maximum absolute atomic E-state index is 12.2. The summed E-state index contributed by atoms with van der Waals surface area (Å²) in [5.74, 6) is 1.04. The van der Waals surface area contributed by atoms with Gasteiger partial charge in [-0.25, -0.2) is 18.6 Å². The van der Waals surface area contributed by atoms with Crippen molar-refractivity contribution in [3.8, 4) is 17.2 Å². The number of rotatable bonds is 11. The summed E-state index contributed by atoms with van der Waals surface area (Å²) in [5, 5.41) is 6.71. The Hall–Kier alpha value is -4.09. The zero-order chi connectivity index (χ0) is 27.0. The van der Waals surface area contributed by atoms with Gasteiger partial charge in [0, 0.05) is 24.8 Å². The zero-order valence-corrected chi connectivity index (χ0v) is 21.3. The first-order valence-electron chi connectivity index (χ1n) is 11.5. The summed E-state index contributed by atoms with van der Waals surface area (Å²) in [7, 11) is -4.76. The fourth-order valence-electron chi connectivity index (χ4n) is 3.47. The van der Waals surface area contributed by atoms with Crippen molar-refractivity contribution in [1.29, 1.82) is 0 Å². The molecular weight excluding hydrogens is 515 g/mol. The van der Waals surface area contributed by atoms with Crippen LogP contribution in [0.4, 0.5) is 10.6 Å². The number of carbonyl (C=O) groups excluding carboxylic acids is 1. The van der Waals surface area contributed by atoms with E-state index in [0.717, 1.165) is 11.1 Å². The molecule has 0 bridgehead atoms. The van der Waals surface area contributed by atoms with Crippen LogP contribution in [-0.4, -0.2) is 32.6 Å². The number of carbonyl (C=O) groups is 1. The summed E-state index contributed by atoms with van der Waals surface area (Å²) in [6, 6.07) is 18.3. The molecule has 0 aliphatic heterocycles.